The molecule has 2 aliphatic heterocycles. The van der Waals surface area contributed by atoms with Crippen LogP contribution in [0.1, 0.15) is 38.2 Å². The quantitative estimate of drug-likeness (QED) is 0.755. The predicted octanol–water partition coefficient (Wildman–Crippen LogP) is 2.57. The van der Waals surface area contributed by atoms with Crippen molar-refractivity contribution in [3.05, 3.63) is 34.9 Å². The van der Waals surface area contributed by atoms with Crippen molar-refractivity contribution >= 4 is 27.5 Å². The second-order valence-electron chi connectivity index (χ2n) is 7.69. The molecule has 0 unspecified atom stereocenters. The monoisotopic (exact) mass is 428 g/mol. The van der Waals surface area contributed by atoms with Crippen LogP contribution in [0.3, 0.4) is 0 Å². The minimum Gasteiger partial charge on any atom is -0.381 e. The summed E-state index contributed by atoms with van der Waals surface area (Å²) in [5, 5.41) is 3.85. The van der Waals surface area contributed by atoms with Gasteiger partial charge in [0.25, 0.3) is 0 Å². The van der Waals surface area contributed by atoms with Gasteiger partial charge in [0.05, 0.1) is 5.75 Å². The lowest BCUT2D eigenvalue weighted by atomic mass is 9.74. The molecule has 2 aliphatic rings. The highest BCUT2D eigenvalue weighted by atomic mass is 35.5. The molecule has 1 aromatic rings. The van der Waals surface area contributed by atoms with Crippen LogP contribution >= 0.6 is 11.6 Å². The van der Waals surface area contributed by atoms with Crippen LogP contribution in [0.15, 0.2) is 24.3 Å². The maximum absolute atomic E-state index is 12.8. The van der Waals surface area contributed by atoms with E-state index in [9.17, 15) is 13.2 Å². The van der Waals surface area contributed by atoms with Crippen LogP contribution in [0.25, 0.3) is 0 Å². The molecular formula is C20H29ClN2O4S. The zero-order valence-electron chi connectivity index (χ0n) is 16.3. The molecule has 0 saturated carbocycles. The number of sulfonamides is 1. The fourth-order valence-corrected chi connectivity index (χ4v) is 5.37. The maximum atomic E-state index is 12.8. The number of ether oxygens (including phenoxy) is 1. The van der Waals surface area contributed by atoms with Gasteiger partial charge >= 0.3 is 0 Å². The Balaban J connectivity index is 1.61. The number of hydrogen-bond donors (Lipinski definition) is 1. The van der Waals surface area contributed by atoms with E-state index in [0.29, 0.717) is 50.7 Å². The van der Waals surface area contributed by atoms with Crippen molar-refractivity contribution in [3.8, 4) is 0 Å². The number of rotatable bonds is 6. The molecule has 1 amide bonds. The van der Waals surface area contributed by atoms with Gasteiger partial charge in [-0.1, -0.05) is 23.7 Å². The fourth-order valence-electron chi connectivity index (χ4n) is 4.11. The Hall–Kier alpha value is -1.15. The molecule has 156 valence electrons. The molecule has 8 heteroatoms. The molecule has 1 N–H and O–H groups in total. The first-order valence-electron chi connectivity index (χ1n) is 9.96. The number of piperidine rings is 1. The third-order valence-corrected chi connectivity index (χ3v) is 8.22. The Bertz CT molecular complexity index is 768. The summed E-state index contributed by atoms with van der Waals surface area (Å²) in [6.45, 7) is 4.40. The predicted molar refractivity (Wildman–Crippen MR) is 110 cm³/mol. The normalized spacial score (nSPS) is 21.4. The molecule has 6 nitrogen and oxygen atoms in total. The number of carbonyl (C=O) groups is 1. The van der Waals surface area contributed by atoms with E-state index in [4.69, 9.17) is 16.3 Å². The number of nitrogens with zero attached hydrogens (tertiary/aromatic N) is 1. The highest BCUT2D eigenvalue weighted by Crippen LogP contribution is 2.35. The van der Waals surface area contributed by atoms with Gasteiger partial charge in [0.1, 0.15) is 0 Å². The Morgan fingerprint density at radius 2 is 1.82 bits per heavy atom. The third-order valence-electron chi connectivity index (χ3n) is 6.09. The van der Waals surface area contributed by atoms with Crippen molar-refractivity contribution in [1.29, 1.82) is 0 Å². The lowest BCUT2D eigenvalue weighted by Crippen LogP contribution is -2.48. The highest BCUT2D eigenvalue weighted by Gasteiger charge is 2.36. The van der Waals surface area contributed by atoms with E-state index in [1.807, 2.05) is 24.3 Å². The van der Waals surface area contributed by atoms with Crippen molar-refractivity contribution in [1.82, 2.24) is 9.62 Å². The van der Waals surface area contributed by atoms with Gasteiger partial charge in [-0.05, 0) is 50.3 Å². The van der Waals surface area contributed by atoms with Crippen LogP contribution in [0.2, 0.25) is 5.02 Å². The lowest BCUT2D eigenvalue weighted by Gasteiger charge is -2.38. The van der Waals surface area contributed by atoms with E-state index in [0.717, 1.165) is 12.8 Å². The smallest absolute Gasteiger partial charge is 0.223 e. The third kappa shape index (κ3) is 4.87. The van der Waals surface area contributed by atoms with E-state index in [-0.39, 0.29) is 23.0 Å². The molecule has 0 aromatic heterocycles. The first-order valence-corrected chi connectivity index (χ1v) is 11.9. The first kappa shape index (κ1) is 21.6. The van der Waals surface area contributed by atoms with Gasteiger partial charge in [-0.2, -0.15) is 0 Å². The highest BCUT2D eigenvalue weighted by molar-refractivity contribution is 7.89. The summed E-state index contributed by atoms with van der Waals surface area (Å²) in [4.78, 5) is 12.8. The first-order chi connectivity index (χ1) is 13.4. The number of hydrogen-bond acceptors (Lipinski definition) is 4. The van der Waals surface area contributed by atoms with Crippen LogP contribution in [0.5, 0.6) is 0 Å². The Morgan fingerprint density at radius 1 is 1.21 bits per heavy atom. The van der Waals surface area contributed by atoms with Crippen molar-refractivity contribution in [2.24, 2.45) is 5.92 Å². The summed E-state index contributed by atoms with van der Waals surface area (Å²) in [7, 11) is -3.17. The van der Waals surface area contributed by atoms with Gasteiger partial charge in [0.2, 0.25) is 15.9 Å². The second-order valence-corrected chi connectivity index (χ2v) is 10.4. The molecule has 0 radical (unpaired) electrons. The van der Waals surface area contributed by atoms with E-state index >= 15 is 0 Å². The van der Waals surface area contributed by atoms with E-state index in [1.165, 1.54) is 9.87 Å². The number of amides is 1. The molecule has 1 aromatic carbocycles. The van der Waals surface area contributed by atoms with Crippen molar-refractivity contribution in [2.45, 2.75) is 38.0 Å². The summed E-state index contributed by atoms with van der Waals surface area (Å²) in [5.41, 5.74) is 1.02. The molecular weight excluding hydrogens is 400 g/mol. The average molecular weight is 429 g/mol. The van der Waals surface area contributed by atoms with Gasteiger partial charge in [0, 0.05) is 49.2 Å². The van der Waals surface area contributed by atoms with E-state index in [1.54, 1.807) is 6.92 Å². The number of carbonyl (C=O) groups excluding carboxylic acids is 1. The lowest BCUT2D eigenvalue weighted by molar-refractivity contribution is -0.126. The van der Waals surface area contributed by atoms with Crippen molar-refractivity contribution < 1.29 is 17.9 Å². The molecule has 0 spiro atoms. The van der Waals surface area contributed by atoms with Crippen molar-refractivity contribution in [2.75, 3.05) is 38.6 Å². The van der Waals surface area contributed by atoms with Crippen LogP contribution in [0, 0.1) is 5.92 Å². The molecule has 2 saturated heterocycles. The number of halogens is 1. The summed E-state index contributed by atoms with van der Waals surface area (Å²) in [5.74, 6) is -0.00554. The molecule has 2 heterocycles. The zero-order chi connectivity index (χ0) is 20.2. The fraction of sp³-hybridized carbons (Fsp3) is 0.650. The topological polar surface area (TPSA) is 75.7 Å². The van der Waals surface area contributed by atoms with Gasteiger partial charge in [-0.15, -0.1) is 0 Å². The minimum absolute atomic E-state index is 0.0216. The standard InChI is InChI=1S/C20H29ClN2O4S/c1-2-28(25,26)23-11-7-16(8-12-23)19(24)22-15-20(9-13-27-14-10-20)17-3-5-18(21)6-4-17/h3-6,16H,2,7-15H2,1H3,(H,22,24). The molecule has 0 aliphatic carbocycles. The van der Waals surface area contributed by atoms with E-state index in [2.05, 4.69) is 5.32 Å². The Kier molecular flexibility index (Phi) is 7.02. The molecule has 2 fully saturated rings. The van der Waals surface area contributed by atoms with Gasteiger partial charge in [0.15, 0.2) is 0 Å². The molecule has 3 rings (SSSR count). The van der Waals surface area contributed by atoms with Gasteiger partial charge < -0.3 is 10.1 Å². The van der Waals surface area contributed by atoms with Crippen LogP contribution < -0.4 is 5.32 Å². The van der Waals surface area contributed by atoms with Crippen LogP contribution in [0.4, 0.5) is 0 Å². The number of benzene rings is 1. The Morgan fingerprint density at radius 3 is 2.39 bits per heavy atom. The second kappa shape index (κ2) is 9.11. The summed E-state index contributed by atoms with van der Waals surface area (Å²) in [6.07, 6.45) is 2.84. The maximum Gasteiger partial charge on any atom is 0.223 e. The SMILES string of the molecule is CCS(=O)(=O)N1CCC(C(=O)NCC2(c3ccc(Cl)cc3)CCOCC2)CC1. The van der Waals surface area contributed by atoms with Crippen LogP contribution in [-0.2, 0) is 25.0 Å². The van der Waals surface area contributed by atoms with Gasteiger partial charge in [-0.25, -0.2) is 12.7 Å². The molecule has 0 atom stereocenters. The molecule has 0 bridgehead atoms. The number of nitrogens with one attached hydrogen (secondary N) is 1. The van der Waals surface area contributed by atoms with Crippen molar-refractivity contribution in [3.63, 3.8) is 0 Å². The van der Waals surface area contributed by atoms with Gasteiger partial charge in [-0.3, -0.25) is 4.79 Å². The zero-order valence-corrected chi connectivity index (χ0v) is 17.9. The Labute approximate surface area is 172 Å². The van der Waals surface area contributed by atoms with Crippen LogP contribution in [-0.4, -0.2) is 57.2 Å². The van der Waals surface area contributed by atoms with E-state index < -0.39 is 10.0 Å². The minimum atomic E-state index is -3.17. The largest absolute Gasteiger partial charge is 0.381 e. The summed E-state index contributed by atoms with van der Waals surface area (Å²) >= 11 is 6.04. The average Bonchev–Trinajstić information content (AvgIpc) is 2.73. The molecule has 28 heavy (non-hydrogen) atoms. The summed E-state index contributed by atoms with van der Waals surface area (Å²) < 4.78 is 31.0. The summed E-state index contributed by atoms with van der Waals surface area (Å²) in [6, 6.07) is 7.85.